The summed E-state index contributed by atoms with van der Waals surface area (Å²) in [4.78, 5) is 0. The number of halogens is 2. The number of hydrogen-bond acceptors (Lipinski definition) is 2. The highest BCUT2D eigenvalue weighted by Gasteiger charge is 2.24. The molecule has 0 saturated carbocycles. The molecule has 2 atom stereocenters. The Balaban J connectivity index is 1.97. The maximum Gasteiger partial charge on any atom is 0.128 e. The molecule has 0 aliphatic carbocycles. The van der Waals surface area contributed by atoms with Crippen LogP contribution in [0.4, 0.5) is 4.39 Å². The third kappa shape index (κ3) is 3.31. The molecule has 0 bridgehead atoms. The highest BCUT2D eigenvalue weighted by Crippen LogP contribution is 2.21. The van der Waals surface area contributed by atoms with E-state index in [1.165, 1.54) is 25.3 Å². The van der Waals surface area contributed by atoms with E-state index in [0.717, 1.165) is 4.47 Å². The lowest BCUT2D eigenvalue weighted by Crippen LogP contribution is -2.51. The Morgan fingerprint density at radius 3 is 2.61 bits per heavy atom. The van der Waals surface area contributed by atoms with Gasteiger partial charge in [0, 0.05) is 28.7 Å². The SMILES string of the molecule is CC1CCCC(C)N1NCc1ccc(Br)cc1F. The third-order valence-electron chi connectivity index (χ3n) is 3.66. The first kappa shape index (κ1) is 14.0. The van der Waals surface area contributed by atoms with Crippen molar-refractivity contribution < 1.29 is 4.39 Å². The summed E-state index contributed by atoms with van der Waals surface area (Å²) < 4.78 is 14.5. The summed E-state index contributed by atoms with van der Waals surface area (Å²) in [6.45, 7) is 5.00. The Bertz CT molecular complexity index is 401. The Labute approximate surface area is 117 Å². The van der Waals surface area contributed by atoms with E-state index in [0.29, 0.717) is 24.2 Å². The quantitative estimate of drug-likeness (QED) is 0.911. The van der Waals surface area contributed by atoms with Crippen LogP contribution in [0.2, 0.25) is 0 Å². The minimum absolute atomic E-state index is 0.158. The van der Waals surface area contributed by atoms with Crippen LogP contribution in [-0.2, 0) is 6.54 Å². The second kappa shape index (κ2) is 6.13. The van der Waals surface area contributed by atoms with E-state index in [-0.39, 0.29) is 5.82 Å². The Hall–Kier alpha value is -0.450. The molecule has 0 amide bonds. The first-order valence-electron chi connectivity index (χ1n) is 6.53. The monoisotopic (exact) mass is 314 g/mol. The van der Waals surface area contributed by atoms with Gasteiger partial charge in [-0.25, -0.2) is 9.40 Å². The normalized spacial score (nSPS) is 25.3. The Kier molecular flexibility index (Phi) is 4.76. The molecule has 1 aliphatic heterocycles. The maximum absolute atomic E-state index is 13.7. The van der Waals surface area contributed by atoms with Gasteiger partial charge in [-0.3, -0.25) is 5.43 Å². The van der Waals surface area contributed by atoms with E-state index >= 15 is 0 Å². The van der Waals surface area contributed by atoms with Crippen LogP contribution < -0.4 is 5.43 Å². The molecule has 0 spiro atoms. The second-order valence-electron chi connectivity index (χ2n) is 5.11. The minimum Gasteiger partial charge on any atom is -0.250 e. The summed E-state index contributed by atoms with van der Waals surface area (Å²) in [5.41, 5.74) is 4.09. The molecule has 1 aromatic rings. The van der Waals surface area contributed by atoms with Crippen molar-refractivity contribution in [1.29, 1.82) is 0 Å². The van der Waals surface area contributed by atoms with Gasteiger partial charge in [0.25, 0.3) is 0 Å². The van der Waals surface area contributed by atoms with Crippen LogP contribution in [0.15, 0.2) is 22.7 Å². The second-order valence-corrected chi connectivity index (χ2v) is 6.02. The molecule has 1 N–H and O–H groups in total. The van der Waals surface area contributed by atoms with Crippen LogP contribution in [0, 0.1) is 5.82 Å². The van der Waals surface area contributed by atoms with Crippen molar-refractivity contribution in [3.8, 4) is 0 Å². The molecule has 4 heteroatoms. The number of nitrogens with one attached hydrogen (secondary N) is 1. The van der Waals surface area contributed by atoms with Crippen molar-refractivity contribution in [3.05, 3.63) is 34.1 Å². The summed E-state index contributed by atoms with van der Waals surface area (Å²) in [5.74, 6) is -0.158. The van der Waals surface area contributed by atoms with Crippen molar-refractivity contribution in [3.63, 3.8) is 0 Å². The van der Waals surface area contributed by atoms with Crippen molar-refractivity contribution in [2.24, 2.45) is 0 Å². The molecule has 18 heavy (non-hydrogen) atoms. The molecule has 100 valence electrons. The summed E-state index contributed by atoms with van der Waals surface area (Å²) in [7, 11) is 0. The molecule has 2 nitrogen and oxygen atoms in total. The van der Waals surface area contributed by atoms with Crippen LogP contribution in [0.25, 0.3) is 0 Å². The number of benzene rings is 1. The van der Waals surface area contributed by atoms with Gasteiger partial charge >= 0.3 is 0 Å². The average Bonchev–Trinajstić information content (AvgIpc) is 2.31. The molecule has 2 unspecified atom stereocenters. The summed E-state index contributed by atoms with van der Waals surface area (Å²) in [6, 6.07) is 6.26. The Morgan fingerprint density at radius 2 is 2.00 bits per heavy atom. The number of rotatable bonds is 3. The first-order chi connectivity index (χ1) is 8.58. The standard InChI is InChI=1S/C14H20BrFN2/c1-10-4-3-5-11(2)18(10)17-9-12-6-7-13(15)8-14(12)16/h6-8,10-11,17H,3-5,9H2,1-2H3. The largest absolute Gasteiger partial charge is 0.250 e. The fourth-order valence-electron chi connectivity index (χ4n) is 2.57. The molecule has 1 aromatic carbocycles. The highest BCUT2D eigenvalue weighted by atomic mass is 79.9. The van der Waals surface area contributed by atoms with Gasteiger partial charge in [0.2, 0.25) is 0 Å². The zero-order valence-electron chi connectivity index (χ0n) is 10.9. The smallest absolute Gasteiger partial charge is 0.128 e. The third-order valence-corrected chi connectivity index (χ3v) is 4.15. The van der Waals surface area contributed by atoms with E-state index < -0.39 is 0 Å². The van der Waals surface area contributed by atoms with Crippen molar-refractivity contribution in [1.82, 2.24) is 10.4 Å². The minimum atomic E-state index is -0.158. The van der Waals surface area contributed by atoms with Crippen LogP contribution in [0.5, 0.6) is 0 Å². The van der Waals surface area contributed by atoms with E-state index in [1.807, 2.05) is 12.1 Å². The van der Waals surface area contributed by atoms with Crippen LogP contribution >= 0.6 is 15.9 Å². The zero-order valence-corrected chi connectivity index (χ0v) is 12.5. The van der Waals surface area contributed by atoms with E-state index in [4.69, 9.17) is 0 Å². The highest BCUT2D eigenvalue weighted by molar-refractivity contribution is 9.10. The van der Waals surface area contributed by atoms with Gasteiger partial charge < -0.3 is 0 Å². The van der Waals surface area contributed by atoms with Crippen molar-refractivity contribution >= 4 is 15.9 Å². The molecule has 2 rings (SSSR count). The number of hydrazine groups is 1. The zero-order chi connectivity index (χ0) is 13.1. The number of nitrogens with zero attached hydrogens (tertiary/aromatic N) is 1. The maximum atomic E-state index is 13.7. The summed E-state index contributed by atoms with van der Waals surface area (Å²) in [5, 5.41) is 2.27. The predicted molar refractivity (Wildman–Crippen MR) is 75.6 cm³/mol. The van der Waals surface area contributed by atoms with Gasteiger partial charge in [0.05, 0.1) is 0 Å². The topological polar surface area (TPSA) is 15.3 Å². The fraction of sp³-hybridized carbons (Fsp3) is 0.571. The predicted octanol–water partition coefficient (Wildman–Crippen LogP) is 3.86. The van der Waals surface area contributed by atoms with E-state index in [2.05, 4.69) is 40.2 Å². The summed E-state index contributed by atoms with van der Waals surface area (Å²) in [6.07, 6.45) is 3.70. The lowest BCUT2D eigenvalue weighted by Gasteiger charge is -2.39. The van der Waals surface area contributed by atoms with Crippen molar-refractivity contribution in [2.75, 3.05) is 0 Å². The molecule has 1 saturated heterocycles. The number of hydrogen-bond donors (Lipinski definition) is 1. The van der Waals surface area contributed by atoms with E-state index in [1.54, 1.807) is 0 Å². The molecular weight excluding hydrogens is 295 g/mol. The lowest BCUT2D eigenvalue weighted by atomic mass is 10.00. The molecular formula is C14H20BrFN2. The fourth-order valence-corrected chi connectivity index (χ4v) is 2.91. The number of piperidine rings is 1. The summed E-state index contributed by atoms with van der Waals surface area (Å²) >= 11 is 3.27. The van der Waals surface area contributed by atoms with Gasteiger partial charge in [0.1, 0.15) is 5.82 Å². The molecule has 0 radical (unpaired) electrons. The van der Waals surface area contributed by atoms with Gasteiger partial charge in [-0.2, -0.15) is 0 Å². The van der Waals surface area contributed by atoms with Crippen LogP contribution in [0.1, 0.15) is 38.7 Å². The van der Waals surface area contributed by atoms with Gasteiger partial charge in [-0.15, -0.1) is 0 Å². The van der Waals surface area contributed by atoms with Crippen LogP contribution in [-0.4, -0.2) is 17.1 Å². The molecule has 1 aliphatic rings. The van der Waals surface area contributed by atoms with E-state index in [9.17, 15) is 4.39 Å². The lowest BCUT2D eigenvalue weighted by molar-refractivity contribution is 0.0432. The first-order valence-corrected chi connectivity index (χ1v) is 7.33. The Morgan fingerprint density at radius 1 is 1.33 bits per heavy atom. The molecule has 1 heterocycles. The van der Waals surface area contributed by atoms with Crippen molar-refractivity contribution in [2.45, 2.75) is 51.7 Å². The van der Waals surface area contributed by atoms with Gasteiger partial charge in [0.15, 0.2) is 0 Å². The molecule has 0 aromatic heterocycles. The average molecular weight is 315 g/mol. The van der Waals surface area contributed by atoms with Crippen LogP contribution in [0.3, 0.4) is 0 Å². The molecule has 1 fully saturated rings. The van der Waals surface area contributed by atoms with Gasteiger partial charge in [-0.1, -0.05) is 28.4 Å². The van der Waals surface area contributed by atoms with Gasteiger partial charge in [-0.05, 0) is 38.8 Å².